The lowest BCUT2D eigenvalue weighted by Crippen LogP contribution is -2.64. The fourth-order valence-electron chi connectivity index (χ4n) is 2.92. The number of halogens is 1. The van der Waals surface area contributed by atoms with Crippen LogP contribution in [0.3, 0.4) is 0 Å². The van der Waals surface area contributed by atoms with E-state index in [1.54, 1.807) is 6.07 Å². The summed E-state index contributed by atoms with van der Waals surface area (Å²) in [6, 6.07) is 4.28. The molecule has 1 fully saturated rings. The number of benzene rings is 1. The van der Waals surface area contributed by atoms with E-state index in [2.05, 4.69) is 0 Å². The van der Waals surface area contributed by atoms with Crippen molar-refractivity contribution in [1.29, 1.82) is 0 Å². The van der Waals surface area contributed by atoms with E-state index in [4.69, 9.17) is 28.4 Å². The van der Waals surface area contributed by atoms with Crippen molar-refractivity contribution in [2.75, 3.05) is 7.11 Å². The Kier molecular flexibility index (Phi) is 8.44. The molecule has 12 heteroatoms. The van der Waals surface area contributed by atoms with Crippen molar-refractivity contribution < 1.29 is 52.7 Å². The SMILES string of the molecule is COC(=O)C1O[C@H](Oc2cc(O)cc(I)c2)[C@H](OC(C)=O)[C@H](OC(C)=O)[C@@H]1OC(C)=O. The lowest BCUT2D eigenvalue weighted by atomic mass is 9.97. The molecule has 0 aromatic heterocycles. The number of hydrogen-bond donors (Lipinski definition) is 1. The molecule has 1 heterocycles. The average Bonchev–Trinajstić information content (AvgIpc) is 2.63. The van der Waals surface area contributed by atoms with Gasteiger partial charge in [-0.1, -0.05) is 0 Å². The first-order chi connectivity index (χ1) is 14.5. The smallest absolute Gasteiger partial charge is 0.339 e. The first-order valence-electron chi connectivity index (χ1n) is 8.93. The monoisotopic (exact) mass is 552 g/mol. The first-order valence-corrected chi connectivity index (χ1v) is 10.0. The van der Waals surface area contributed by atoms with Gasteiger partial charge in [-0.25, -0.2) is 4.79 Å². The Morgan fingerprint density at radius 1 is 0.903 bits per heavy atom. The molecule has 0 amide bonds. The van der Waals surface area contributed by atoms with Gasteiger partial charge in [0, 0.05) is 30.4 Å². The zero-order valence-corrected chi connectivity index (χ0v) is 19.2. The minimum absolute atomic E-state index is 0.111. The molecule has 31 heavy (non-hydrogen) atoms. The molecule has 0 spiro atoms. The quantitative estimate of drug-likeness (QED) is 0.308. The number of carbonyl (C=O) groups excluding carboxylic acids is 4. The number of aromatic hydroxyl groups is 1. The minimum Gasteiger partial charge on any atom is -0.508 e. The second-order valence-electron chi connectivity index (χ2n) is 6.43. The van der Waals surface area contributed by atoms with Crippen molar-refractivity contribution in [1.82, 2.24) is 0 Å². The van der Waals surface area contributed by atoms with Gasteiger partial charge in [0.25, 0.3) is 0 Å². The van der Waals surface area contributed by atoms with Gasteiger partial charge in [-0.3, -0.25) is 14.4 Å². The molecular weight excluding hydrogens is 531 g/mol. The Labute approximate surface area is 191 Å². The van der Waals surface area contributed by atoms with Crippen LogP contribution in [0, 0.1) is 3.57 Å². The predicted octanol–water partition coefficient (Wildman–Crippen LogP) is 1.07. The maximum atomic E-state index is 12.3. The summed E-state index contributed by atoms with van der Waals surface area (Å²) in [6.45, 7) is 3.27. The number of carbonyl (C=O) groups is 4. The molecule has 1 aromatic rings. The molecule has 1 aliphatic rings. The number of hydrogen-bond acceptors (Lipinski definition) is 11. The number of rotatable bonds is 6. The highest BCUT2D eigenvalue weighted by Crippen LogP contribution is 2.32. The van der Waals surface area contributed by atoms with Crippen molar-refractivity contribution in [2.45, 2.75) is 51.5 Å². The standard InChI is InChI=1S/C19H21IO11/c1-8(21)27-14-15(28-9(2)22)17(29-10(3)23)19(31-16(14)18(25)26-4)30-13-6-11(20)5-12(24)7-13/h5-7,14-17,19,24H,1-4H3/t14-,15+,16?,17+,19-/m0/s1. The van der Waals surface area contributed by atoms with Crippen molar-refractivity contribution in [3.8, 4) is 11.5 Å². The van der Waals surface area contributed by atoms with Crippen LogP contribution in [0.2, 0.25) is 0 Å². The van der Waals surface area contributed by atoms with Crippen LogP contribution in [-0.4, -0.2) is 66.8 Å². The van der Waals surface area contributed by atoms with E-state index in [1.807, 2.05) is 22.6 Å². The van der Waals surface area contributed by atoms with Gasteiger partial charge in [0.05, 0.1) is 7.11 Å². The van der Waals surface area contributed by atoms with Crippen molar-refractivity contribution in [2.24, 2.45) is 0 Å². The van der Waals surface area contributed by atoms with Gasteiger partial charge < -0.3 is 33.5 Å². The third kappa shape index (κ3) is 6.69. The van der Waals surface area contributed by atoms with Crippen LogP contribution in [0.5, 0.6) is 11.5 Å². The van der Waals surface area contributed by atoms with Gasteiger partial charge in [0.1, 0.15) is 11.5 Å². The number of ether oxygens (including phenoxy) is 6. The van der Waals surface area contributed by atoms with Crippen LogP contribution in [0.4, 0.5) is 0 Å². The second kappa shape index (κ2) is 10.6. The zero-order chi connectivity index (χ0) is 23.3. The highest BCUT2D eigenvalue weighted by Gasteiger charge is 2.55. The third-order valence-corrected chi connectivity index (χ3v) is 4.57. The molecule has 0 radical (unpaired) electrons. The number of methoxy groups -OCH3 is 1. The third-order valence-electron chi connectivity index (χ3n) is 3.94. The Morgan fingerprint density at radius 2 is 1.45 bits per heavy atom. The van der Waals surface area contributed by atoms with E-state index in [0.29, 0.717) is 3.57 Å². The molecule has 5 atom stereocenters. The van der Waals surface area contributed by atoms with Crippen LogP contribution in [0.15, 0.2) is 18.2 Å². The summed E-state index contributed by atoms with van der Waals surface area (Å²) >= 11 is 1.94. The number of phenols is 1. The molecule has 1 unspecified atom stereocenters. The molecular formula is C19H21IO11. The molecule has 1 saturated heterocycles. The maximum absolute atomic E-state index is 12.3. The Morgan fingerprint density at radius 3 is 1.97 bits per heavy atom. The lowest BCUT2D eigenvalue weighted by Gasteiger charge is -2.43. The van der Waals surface area contributed by atoms with E-state index < -0.39 is 54.6 Å². The molecule has 0 aliphatic carbocycles. The van der Waals surface area contributed by atoms with E-state index in [-0.39, 0.29) is 11.5 Å². The van der Waals surface area contributed by atoms with Gasteiger partial charge in [-0.2, -0.15) is 0 Å². The normalized spacial score (nSPS) is 25.1. The van der Waals surface area contributed by atoms with Crippen molar-refractivity contribution in [3.05, 3.63) is 21.8 Å². The number of esters is 4. The summed E-state index contributed by atoms with van der Waals surface area (Å²) in [7, 11) is 1.09. The predicted molar refractivity (Wildman–Crippen MR) is 109 cm³/mol. The van der Waals surface area contributed by atoms with Crippen LogP contribution in [0.1, 0.15) is 20.8 Å². The molecule has 1 aromatic carbocycles. The van der Waals surface area contributed by atoms with Gasteiger partial charge in [-0.05, 0) is 34.7 Å². The van der Waals surface area contributed by atoms with Crippen LogP contribution in [0.25, 0.3) is 0 Å². The highest BCUT2D eigenvalue weighted by atomic mass is 127. The molecule has 2 rings (SSSR count). The van der Waals surface area contributed by atoms with E-state index in [9.17, 15) is 24.3 Å². The van der Waals surface area contributed by atoms with Crippen molar-refractivity contribution in [3.63, 3.8) is 0 Å². The lowest BCUT2D eigenvalue weighted by molar-refractivity contribution is -0.282. The minimum atomic E-state index is -1.56. The molecule has 0 bridgehead atoms. The Hall–Kier alpha value is -2.61. The largest absolute Gasteiger partial charge is 0.508 e. The van der Waals surface area contributed by atoms with Gasteiger partial charge >= 0.3 is 23.9 Å². The van der Waals surface area contributed by atoms with Crippen molar-refractivity contribution >= 4 is 46.5 Å². The summed E-state index contributed by atoms with van der Waals surface area (Å²) in [4.78, 5) is 47.5. The molecule has 1 aliphatic heterocycles. The Balaban J connectivity index is 2.52. The van der Waals surface area contributed by atoms with E-state index >= 15 is 0 Å². The van der Waals surface area contributed by atoms with Crippen LogP contribution >= 0.6 is 22.6 Å². The molecule has 11 nitrogen and oxygen atoms in total. The molecule has 0 saturated carbocycles. The summed E-state index contributed by atoms with van der Waals surface area (Å²) in [5.41, 5.74) is 0. The van der Waals surface area contributed by atoms with Crippen LogP contribution < -0.4 is 4.74 Å². The first kappa shape index (κ1) is 24.7. The summed E-state index contributed by atoms with van der Waals surface area (Å²) in [6.07, 6.45) is -7.41. The van der Waals surface area contributed by atoms with Crippen LogP contribution in [-0.2, 0) is 42.9 Å². The molecule has 1 N–H and O–H groups in total. The summed E-state index contributed by atoms with van der Waals surface area (Å²) in [5.74, 6) is -3.31. The van der Waals surface area contributed by atoms with E-state index in [0.717, 1.165) is 27.9 Å². The number of phenolic OH excluding ortho intramolecular Hbond substituents is 1. The van der Waals surface area contributed by atoms with Gasteiger partial charge in [-0.15, -0.1) is 0 Å². The maximum Gasteiger partial charge on any atom is 0.339 e. The summed E-state index contributed by atoms with van der Waals surface area (Å²) in [5, 5.41) is 9.81. The zero-order valence-electron chi connectivity index (χ0n) is 17.0. The fraction of sp³-hybridized carbons (Fsp3) is 0.474. The fourth-order valence-corrected chi connectivity index (χ4v) is 3.55. The topological polar surface area (TPSA) is 144 Å². The average molecular weight is 552 g/mol. The summed E-state index contributed by atoms with van der Waals surface area (Å²) < 4.78 is 32.3. The van der Waals surface area contributed by atoms with E-state index in [1.165, 1.54) is 12.1 Å². The van der Waals surface area contributed by atoms with Gasteiger partial charge in [0.2, 0.25) is 12.4 Å². The highest BCUT2D eigenvalue weighted by molar-refractivity contribution is 14.1. The Bertz CT molecular complexity index is 835. The van der Waals surface area contributed by atoms with Gasteiger partial charge in [0.15, 0.2) is 18.3 Å². The second-order valence-corrected chi connectivity index (χ2v) is 7.68. The molecule has 170 valence electrons.